The van der Waals surface area contributed by atoms with Gasteiger partial charge in [-0.15, -0.1) is 0 Å². The SMILES string of the molecule is O=C1CC[C@H](N2Cc3cc(N4CCN(CC5CCN(c6ccc(C7=C(c8ccccn8)CCCc8cc(C(=O)O)ccc87)cc6)CC5)CC4)ccc3C2=O)C(=O)N1. The molecule has 2 N–H and O–H groups in total. The van der Waals surface area contributed by atoms with E-state index in [4.69, 9.17) is 4.98 Å². The van der Waals surface area contributed by atoms with E-state index in [0.717, 1.165) is 117 Å². The summed E-state index contributed by atoms with van der Waals surface area (Å²) in [6.45, 7) is 7.40. The van der Waals surface area contributed by atoms with Crippen molar-refractivity contribution in [3.8, 4) is 0 Å². The van der Waals surface area contributed by atoms with Gasteiger partial charge >= 0.3 is 5.97 Å². The molecule has 0 bridgehead atoms. The number of hydrogen-bond acceptors (Lipinski definition) is 8. The average molecular weight is 765 g/mol. The van der Waals surface area contributed by atoms with Gasteiger partial charge < -0.3 is 19.8 Å². The maximum atomic E-state index is 13.2. The number of amides is 3. The highest BCUT2D eigenvalue weighted by Crippen LogP contribution is 2.40. The number of pyridine rings is 1. The van der Waals surface area contributed by atoms with E-state index in [1.807, 2.05) is 42.6 Å². The molecule has 3 amide bonds. The first-order valence-electron chi connectivity index (χ1n) is 20.4. The number of benzene rings is 3. The zero-order valence-corrected chi connectivity index (χ0v) is 32.2. The average Bonchev–Trinajstić information content (AvgIpc) is 3.43. The van der Waals surface area contributed by atoms with E-state index >= 15 is 0 Å². The fourth-order valence-corrected chi connectivity index (χ4v) is 9.57. The van der Waals surface area contributed by atoms with Crippen LogP contribution in [0.3, 0.4) is 0 Å². The van der Waals surface area contributed by atoms with Gasteiger partial charge in [0.2, 0.25) is 11.8 Å². The number of aryl methyl sites for hydroxylation is 1. The van der Waals surface area contributed by atoms with Crippen LogP contribution in [0.2, 0.25) is 0 Å². The number of piperazine rings is 1. The summed E-state index contributed by atoms with van der Waals surface area (Å²) in [4.78, 5) is 63.0. The van der Waals surface area contributed by atoms with E-state index in [9.17, 15) is 24.3 Å². The first-order chi connectivity index (χ1) is 27.8. The molecule has 1 aromatic heterocycles. The first-order valence-corrected chi connectivity index (χ1v) is 20.4. The molecule has 11 heteroatoms. The molecule has 0 spiro atoms. The van der Waals surface area contributed by atoms with Crippen molar-refractivity contribution < 1.29 is 24.3 Å². The van der Waals surface area contributed by atoms with Gasteiger partial charge in [0.15, 0.2) is 0 Å². The highest BCUT2D eigenvalue weighted by Gasteiger charge is 2.39. The van der Waals surface area contributed by atoms with E-state index < -0.39 is 12.0 Å². The maximum absolute atomic E-state index is 13.2. The molecule has 0 radical (unpaired) electrons. The van der Waals surface area contributed by atoms with Crippen LogP contribution in [0.25, 0.3) is 11.1 Å². The third-order valence-corrected chi connectivity index (χ3v) is 12.7. The smallest absolute Gasteiger partial charge is 0.335 e. The van der Waals surface area contributed by atoms with Crippen LogP contribution in [0, 0.1) is 5.92 Å². The number of allylic oxidation sites excluding steroid dienone is 1. The molecule has 57 heavy (non-hydrogen) atoms. The molecule has 4 aromatic rings. The molecule has 1 aliphatic carbocycles. The minimum absolute atomic E-state index is 0.133. The standard InChI is InChI=1S/C46H48N6O5/c53-42-16-15-41(44(54)48-42)52-29-34-27-36(12-14-38(34)45(52)55)51-24-22-49(23-25-51)28-30-17-20-50(21-18-30)35-10-7-31(8-11-35)43-37-13-9-33(46(56)57)26-32(37)4-3-5-39(43)40-6-1-2-19-47-40/h1-2,6-14,19,26-27,30,41H,3-5,15-18,20-25,28-29H2,(H,56,57)(H,48,53,54)/t41-/m0/s1. The van der Waals surface area contributed by atoms with Crippen LogP contribution in [0.5, 0.6) is 0 Å². The Labute approximate surface area is 333 Å². The van der Waals surface area contributed by atoms with Crippen LogP contribution < -0.4 is 15.1 Å². The number of carboxylic acid groups (broad SMARTS) is 1. The van der Waals surface area contributed by atoms with Crippen molar-refractivity contribution >= 4 is 46.2 Å². The Morgan fingerprint density at radius 1 is 0.754 bits per heavy atom. The molecule has 11 nitrogen and oxygen atoms in total. The van der Waals surface area contributed by atoms with Crippen molar-refractivity contribution in [2.75, 3.05) is 55.6 Å². The van der Waals surface area contributed by atoms with Crippen LogP contribution in [0.1, 0.15) is 87.2 Å². The molecule has 5 aliphatic rings. The largest absolute Gasteiger partial charge is 0.478 e. The number of rotatable bonds is 8. The third kappa shape index (κ3) is 7.44. The Balaban J connectivity index is 0.806. The normalized spacial score (nSPS) is 20.7. The molecule has 9 rings (SSSR count). The van der Waals surface area contributed by atoms with Crippen molar-refractivity contribution in [3.05, 3.63) is 124 Å². The minimum Gasteiger partial charge on any atom is -0.478 e. The van der Waals surface area contributed by atoms with Gasteiger partial charge in [-0.2, -0.15) is 0 Å². The van der Waals surface area contributed by atoms with Gasteiger partial charge in [-0.3, -0.25) is 29.6 Å². The number of carbonyl (C=O) groups excluding carboxylic acids is 3. The molecule has 292 valence electrons. The summed E-state index contributed by atoms with van der Waals surface area (Å²) < 4.78 is 0. The van der Waals surface area contributed by atoms with Gasteiger partial charge in [0.05, 0.1) is 11.3 Å². The van der Waals surface area contributed by atoms with Gasteiger partial charge in [0.25, 0.3) is 5.91 Å². The lowest BCUT2D eigenvalue weighted by Gasteiger charge is -2.40. The van der Waals surface area contributed by atoms with Gasteiger partial charge in [-0.1, -0.05) is 24.3 Å². The topological polar surface area (TPSA) is 126 Å². The lowest BCUT2D eigenvalue weighted by atomic mass is 9.88. The summed E-state index contributed by atoms with van der Waals surface area (Å²) in [5, 5.41) is 12.1. The lowest BCUT2D eigenvalue weighted by Crippen LogP contribution is -2.52. The van der Waals surface area contributed by atoms with Gasteiger partial charge in [-0.05, 0) is 132 Å². The number of imide groups is 1. The Kier molecular flexibility index (Phi) is 10.1. The van der Waals surface area contributed by atoms with Crippen molar-refractivity contribution in [2.24, 2.45) is 5.92 Å². The number of nitrogens with zero attached hydrogens (tertiary/aromatic N) is 5. The highest BCUT2D eigenvalue weighted by molar-refractivity contribution is 6.05. The molecule has 4 aliphatic heterocycles. The summed E-state index contributed by atoms with van der Waals surface area (Å²) in [6, 6.07) is 26.0. The second kappa shape index (κ2) is 15.6. The minimum atomic E-state index is -0.900. The zero-order chi connectivity index (χ0) is 39.0. The third-order valence-electron chi connectivity index (χ3n) is 12.7. The van der Waals surface area contributed by atoms with Crippen molar-refractivity contribution in [2.45, 2.75) is 57.5 Å². The Morgan fingerprint density at radius 3 is 2.25 bits per heavy atom. The van der Waals surface area contributed by atoms with E-state index in [2.05, 4.69) is 56.4 Å². The summed E-state index contributed by atoms with van der Waals surface area (Å²) >= 11 is 0. The number of carboxylic acids is 1. The van der Waals surface area contributed by atoms with Crippen molar-refractivity contribution in [1.29, 1.82) is 0 Å². The summed E-state index contributed by atoms with van der Waals surface area (Å²) in [5.74, 6) is -1.03. The van der Waals surface area contributed by atoms with Crippen LogP contribution in [0.4, 0.5) is 11.4 Å². The summed E-state index contributed by atoms with van der Waals surface area (Å²) in [6.07, 6.45) is 7.40. The molecule has 3 saturated heterocycles. The molecule has 0 saturated carbocycles. The zero-order valence-electron chi connectivity index (χ0n) is 32.2. The van der Waals surface area contributed by atoms with E-state index in [1.54, 1.807) is 11.0 Å². The van der Waals surface area contributed by atoms with E-state index in [1.165, 1.54) is 11.3 Å². The predicted octanol–water partition coefficient (Wildman–Crippen LogP) is 5.87. The lowest BCUT2D eigenvalue weighted by molar-refractivity contribution is -0.136. The fraction of sp³-hybridized carbons (Fsp3) is 0.370. The number of aromatic nitrogens is 1. The second-order valence-electron chi connectivity index (χ2n) is 16.1. The van der Waals surface area contributed by atoms with E-state index in [0.29, 0.717) is 30.0 Å². The summed E-state index contributed by atoms with van der Waals surface area (Å²) in [5.41, 5.74) is 10.9. The number of piperidine rings is 2. The second-order valence-corrected chi connectivity index (χ2v) is 16.1. The Bertz CT molecular complexity index is 2240. The van der Waals surface area contributed by atoms with Gasteiger partial charge in [0.1, 0.15) is 6.04 Å². The number of hydrogen-bond donors (Lipinski definition) is 2. The number of nitrogens with one attached hydrogen (secondary N) is 1. The predicted molar refractivity (Wildman–Crippen MR) is 219 cm³/mol. The molecule has 0 unspecified atom stereocenters. The monoisotopic (exact) mass is 764 g/mol. The molecular formula is C46H48N6O5. The molecule has 3 aromatic carbocycles. The number of anilines is 2. The van der Waals surface area contributed by atoms with Crippen LogP contribution >= 0.6 is 0 Å². The van der Waals surface area contributed by atoms with Crippen molar-refractivity contribution in [1.82, 2.24) is 20.1 Å². The Hall–Kier alpha value is -5.81. The van der Waals surface area contributed by atoms with Crippen LogP contribution in [-0.4, -0.2) is 95.4 Å². The molecule has 1 atom stereocenters. The first kappa shape index (κ1) is 36.8. The molecule has 5 heterocycles. The van der Waals surface area contributed by atoms with Gasteiger partial charge in [0, 0.05) is 81.9 Å². The van der Waals surface area contributed by atoms with Crippen LogP contribution in [-0.2, 0) is 22.6 Å². The fourth-order valence-electron chi connectivity index (χ4n) is 9.57. The highest BCUT2D eigenvalue weighted by atomic mass is 16.4. The summed E-state index contributed by atoms with van der Waals surface area (Å²) in [7, 11) is 0. The Morgan fingerprint density at radius 2 is 1.51 bits per heavy atom. The molecular weight excluding hydrogens is 717 g/mol. The quantitative estimate of drug-likeness (QED) is 0.212. The van der Waals surface area contributed by atoms with Crippen molar-refractivity contribution in [3.63, 3.8) is 0 Å². The number of aromatic carboxylic acids is 1. The van der Waals surface area contributed by atoms with E-state index in [-0.39, 0.29) is 24.1 Å². The molecule has 3 fully saturated rings. The van der Waals surface area contributed by atoms with Gasteiger partial charge in [-0.25, -0.2) is 4.79 Å². The number of carbonyl (C=O) groups is 4. The number of fused-ring (bicyclic) bond motifs is 2. The van der Waals surface area contributed by atoms with Crippen LogP contribution in [0.15, 0.2) is 85.1 Å². The maximum Gasteiger partial charge on any atom is 0.335 e.